The number of halogens is 2. The van der Waals surface area contributed by atoms with E-state index in [4.69, 9.17) is 25.7 Å². The number of ether oxygens (including phenoxy) is 3. The van der Waals surface area contributed by atoms with Crippen LogP contribution in [0.3, 0.4) is 0 Å². The van der Waals surface area contributed by atoms with E-state index in [-0.39, 0.29) is 30.0 Å². The van der Waals surface area contributed by atoms with E-state index in [9.17, 15) is 14.0 Å². The van der Waals surface area contributed by atoms with Crippen LogP contribution in [-0.2, 0) is 9.59 Å². The van der Waals surface area contributed by atoms with E-state index >= 15 is 4.39 Å². The lowest BCUT2D eigenvalue weighted by molar-refractivity contribution is -0.133. The lowest BCUT2D eigenvalue weighted by Gasteiger charge is -2.26. The van der Waals surface area contributed by atoms with Crippen LogP contribution in [0.25, 0.3) is 10.9 Å². The summed E-state index contributed by atoms with van der Waals surface area (Å²) in [6.45, 7) is 0.847. The number of fused-ring (bicyclic) bond motifs is 1. The largest absolute Gasteiger partial charge is 0.493 e. The van der Waals surface area contributed by atoms with Crippen molar-refractivity contribution in [3.8, 4) is 23.0 Å². The normalized spacial score (nSPS) is 13.5. The Morgan fingerprint density at radius 1 is 0.951 bits per heavy atom. The van der Waals surface area contributed by atoms with Crippen molar-refractivity contribution in [3.05, 3.63) is 78.5 Å². The van der Waals surface area contributed by atoms with Gasteiger partial charge in [-0.3, -0.25) is 19.5 Å². The highest BCUT2D eigenvalue weighted by Gasteiger charge is 2.57. The smallest absolute Gasteiger partial charge is 0.247 e. The summed E-state index contributed by atoms with van der Waals surface area (Å²) in [7, 11) is 1.52. The number of carbonyl (C=O) groups is 2. The summed E-state index contributed by atoms with van der Waals surface area (Å²) in [6.07, 6.45) is 2.72. The van der Waals surface area contributed by atoms with Gasteiger partial charge in [-0.1, -0.05) is 0 Å². The summed E-state index contributed by atoms with van der Waals surface area (Å²) >= 11 is 0. The maximum Gasteiger partial charge on any atom is 0.247 e. The lowest BCUT2D eigenvalue weighted by Crippen LogP contribution is -2.41. The molecule has 0 atom stereocenters. The van der Waals surface area contributed by atoms with Crippen molar-refractivity contribution in [3.63, 3.8) is 0 Å². The highest BCUT2D eigenvalue weighted by atomic mass is 19.1. The molecule has 1 saturated carbocycles. The summed E-state index contributed by atoms with van der Waals surface area (Å²) in [5, 5.41) is 0.555. The van der Waals surface area contributed by atoms with Gasteiger partial charge in [-0.25, -0.2) is 8.78 Å². The van der Waals surface area contributed by atoms with Crippen molar-refractivity contribution < 1.29 is 32.6 Å². The van der Waals surface area contributed by atoms with E-state index in [1.54, 1.807) is 18.2 Å². The Morgan fingerprint density at radius 2 is 1.68 bits per heavy atom. The molecule has 41 heavy (non-hydrogen) atoms. The summed E-state index contributed by atoms with van der Waals surface area (Å²) in [5.74, 6) is -1.53. The predicted molar refractivity (Wildman–Crippen MR) is 148 cm³/mol. The van der Waals surface area contributed by atoms with Crippen LogP contribution in [0.1, 0.15) is 19.3 Å². The molecule has 1 aromatic heterocycles. The number of aromatic nitrogens is 1. The third-order valence-electron chi connectivity index (χ3n) is 6.91. The quantitative estimate of drug-likeness (QED) is 0.195. The Kier molecular flexibility index (Phi) is 7.71. The molecule has 4 N–H and O–H groups in total. The number of rotatable bonds is 11. The third kappa shape index (κ3) is 5.48. The van der Waals surface area contributed by atoms with Crippen LogP contribution >= 0.6 is 0 Å². The average Bonchev–Trinajstić information content (AvgIpc) is 3.78. The van der Waals surface area contributed by atoms with Crippen LogP contribution in [0, 0.1) is 17.0 Å². The molecule has 5 rings (SSSR count). The molecule has 0 radical (unpaired) electrons. The molecule has 1 fully saturated rings. The van der Waals surface area contributed by atoms with Crippen LogP contribution in [0.2, 0.25) is 0 Å². The van der Waals surface area contributed by atoms with Crippen LogP contribution in [0.4, 0.5) is 20.2 Å². The standard InChI is InChI=1S/C30H28F2N4O5/c1-39-26-17-23-21(16-27(26)40-14-2-12-33)24(9-13-35-23)41-25-8-7-20(15-22(25)32)36(19-5-3-18(31)4-6-19)29(38)30(10-11-30)28(34)37/h3-9,13,15-17H,2,10-12,14,33H2,1H3,(H2,34,37). The maximum absolute atomic E-state index is 15.5. The number of amides is 2. The first-order valence-electron chi connectivity index (χ1n) is 12.9. The molecule has 1 aliphatic carbocycles. The van der Waals surface area contributed by atoms with E-state index in [2.05, 4.69) is 4.98 Å². The first kappa shape index (κ1) is 27.8. The Bertz CT molecular complexity index is 1610. The van der Waals surface area contributed by atoms with Crippen LogP contribution in [0.15, 0.2) is 66.9 Å². The molecule has 0 saturated heterocycles. The molecular weight excluding hydrogens is 534 g/mol. The minimum Gasteiger partial charge on any atom is -0.493 e. The minimum absolute atomic E-state index is 0.120. The number of nitrogens with zero attached hydrogens (tertiary/aromatic N) is 2. The molecule has 1 aliphatic rings. The summed E-state index contributed by atoms with van der Waals surface area (Å²) in [5.41, 5.74) is 10.6. The van der Waals surface area contributed by atoms with Crippen molar-refractivity contribution in [1.29, 1.82) is 0 Å². The van der Waals surface area contributed by atoms with Crippen LogP contribution in [0.5, 0.6) is 23.0 Å². The van der Waals surface area contributed by atoms with Crippen molar-refractivity contribution in [1.82, 2.24) is 4.98 Å². The monoisotopic (exact) mass is 562 g/mol. The molecule has 2 amide bonds. The Labute approximate surface area is 234 Å². The zero-order valence-corrected chi connectivity index (χ0v) is 22.2. The van der Waals surface area contributed by atoms with Gasteiger partial charge in [-0.05, 0) is 74.3 Å². The van der Waals surface area contributed by atoms with Crippen molar-refractivity contribution in [2.24, 2.45) is 16.9 Å². The SMILES string of the molecule is COc1cc2nccc(Oc3ccc(N(C(=O)C4(C(N)=O)CC4)c4ccc(F)cc4)cc3F)c2cc1OCCCN. The van der Waals surface area contributed by atoms with Gasteiger partial charge in [0.2, 0.25) is 11.8 Å². The van der Waals surface area contributed by atoms with Gasteiger partial charge in [0.25, 0.3) is 0 Å². The van der Waals surface area contributed by atoms with Gasteiger partial charge in [0, 0.05) is 29.4 Å². The molecule has 0 bridgehead atoms. The fourth-order valence-electron chi connectivity index (χ4n) is 4.46. The van der Waals surface area contributed by atoms with Crippen molar-refractivity contribution >= 4 is 34.1 Å². The van der Waals surface area contributed by atoms with Gasteiger partial charge in [0.15, 0.2) is 23.1 Å². The highest BCUT2D eigenvalue weighted by molar-refractivity contribution is 6.16. The molecule has 1 heterocycles. The van der Waals surface area contributed by atoms with Gasteiger partial charge < -0.3 is 25.7 Å². The number of pyridine rings is 1. The van der Waals surface area contributed by atoms with Crippen LogP contribution < -0.4 is 30.6 Å². The summed E-state index contributed by atoms with van der Waals surface area (Å²) < 4.78 is 46.3. The summed E-state index contributed by atoms with van der Waals surface area (Å²) in [4.78, 5) is 31.1. The fraction of sp³-hybridized carbons (Fsp3) is 0.233. The molecule has 212 valence electrons. The van der Waals surface area contributed by atoms with Gasteiger partial charge >= 0.3 is 0 Å². The molecule has 11 heteroatoms. The second-order valence-corrected chi connectivity index (χ2v) is 9.60. The third-order valence-corrected chi connectivity index (χ3v) is 6.91. The lowest BCUT2D eigenvalue weighted by atomic mass is 10.0. The van der Waals surface area contributed by atoms with Gasteiger partial charge in [-0.2, -0.15) is 0 Å². The van der Waals surface area contributed by atoms with Crippen molar-refractivity contribution in [2.75, 3.05) is 25.2 Å². The van der Waals surface area contributed by atoms with Gasteiger partial charge in [0.05, 0.1) is 24.9 Å². The van der Waals surface area contributed by atoms with E-state index in [1.807, 2.05) is 0 Å². The minimum atomic E-state index is -1.39. The second kappa shape index (κ2) is 11.4. The molecule has 9 nitrogen and oxygen atoms in total. The molecule has 0 aliphatic heterocycles. The van der Waals surface area contributed by atoms with Gasteiger partial charge in [-0.15, -0.1) is 0 Å². The Balaban J connectivity index is 1.49. The topological polar surface area (TPSA) is 130 Å². The van der Waals surface area contributed by atoms with E-state index in [0.717, 1.165) is 6.07 Å². The number of primary amides is 1. The number of nitrogens with two attached hydrogens (primary N) is 2. The number of anilines is 2. The van der Waals surface area contributed by atoms with E-state index < -0.39 is 28.9 Å². The van der Waals surface area contributed by atoms with E-state index in [0.29, 0.717) is 47.7 Å². The predicted octanol–water partition coefficient (Wildman–Crippen LogP) is 4.97. The molecule has 3 aromatic carbocycles. The van der Waals surface area contributed by atoms with Crippen LogP contribution in [-0.4, -0.2) is 37.1 Å². The first-order valence-corrected chi connectivity index (χ1v) is 12.9. The van der Waals surface area contributed by atoms with E-state index in [1.165, 1.54) is 54.6 Å². The number of carbonyl (C=O) groups excluding carboxylic acids is 2. The van der Waals surface area contributed by atoms with Gasteiger partial charge in [0.1, 0.15) is 17.0 Å². The molecule has 0 spiro atoms. The number of hydrogen-bond donors (Lipinski definition) is 2. The number of methoxy groups -OCH3 is 1. The number of benzene rings is 3. The number of hydrogen-bond acceptors (Lipinski definition) is 7. The second-order valence-electron chi connectivity index (χ2n) is 9.60. The zero-order chi connectivity index (χ0) is 29.1. The zero-order valence-electron chi connectivity index (χ0n) is 22.2. The fourth-order valence-corrected chi connectivity index (χ4v) is 4.46. The Hall–Kier alpha value is -4.77. The highest BCUT2D eigenvalue weighted by Crippen LogP contribution is 2.49. The molecule has 4 aromatic rings. The summed E-state index contributed by atoms with van der Waals surface area (Å²) in [6, 6.07) is 14.0. The molecular formula is C30H28F2N4O5. The first-order chi connectivity index (χ1) is 19.8. The Morgan fingerprint density at radius 3 is 2.32 bits per heavy atom. The molecule has 0 unspecified atom stereocenters. The maximum atomic E-state index is 15.5. The average molecular weight is 563 g/mol. The van der Waals surface area contributed by atoms with Crippen molar-refractivity contribution in [2.45, 2.75) is 19.3 Å².